The summed E-state index contributed by atoms with van der Waals surface area (Å²) in [5.41, 5.74) is 3.73. The van der Waals surface area contributed by atoms with Crippen LogP contribution in [0, 0.1) is 0 Å². The van der Waals surface area contributed by atoms with Gasteiger partial charge in [-0.15, -0.1) is 11.3 Å². The second-order valence-corrected chi connectivity index (χ2v) is 11.4. The predicted molar refractivity (Wildman–Crippen MR) is 153 cm³/mol. The molecule has 6 nitrogen and oxygen atoms in total. The number of nitrogens with one attached hydrogen (secondary N) is 2. The molecule has 2 aliphatic heterocycles. The van der Waals surface area contributed by atoms with Gasteiger partial charge in [0.15, 0.2) is 11.6 Å². The zero-order valence-electron chi connectivity index (χ0n) is 21.5. The molecule has 3 heterocycles. The molecule has 3 aromatic rings. The second kappa shape index (κ2) is 10.9. The maximum Gasteiger partial charge on any atom is 0.196 e. The highest BCUT2D eigenvalue weighted by Gasteiger charge is 2.36. The van der Waals surface area contributed by atoms with Gasteiger partial charge in [-0.3, -0.25) is 9.59 Å². The molecule has 2 aromatic carbocycles. The van der Waals surface area contributed by atoms with Crippen LogP contribution in [0.15, 0.2) is 35.7 Å². The lowest BCUT2D eigenvalue weighted by atomic mass is 9.81. The van der Waals surface area contributed by atoms with Crippen LogP contribution in [0.3, 0.4) is 0 Å². The summed E-state index contributed by atoms with van der Waals surface area (Å²) in [5.74, 6) is -0.113. The van der Waals surface area contributed by atoms with Crippen molar-refractivity contribution in [3.63, 3.8) is 0 Å². The molecule has 2 N–H and O–H groups in total. The third-order valence-electron chi connectivity index (χ3n) is 8.14. The van der Waals surface area contributed by atoms with Crippen LogP contribution < -0.4 is 10.6 Å². The molecule has 0 atom stereocenters. The monoisotopic (exact) mass is 516 g/mol. The van der Waals surface area contributed by atoms with Crippen LogP contribution in [0.2, 0.25) is 0 Å². The Labute approximate surface area is 223 Å². The molecule has 194 valence electrons. The van der Waals surface area contributed by atoms with Gasteiger partial charge in [-0.25, -0.2) is 0 Å². The molecule has 2 fully saturated rings. The van der Waals surface area contributed by atoms with Crippen LogP contribution in [0.5, 0.6) is 0 Å². The van der Waals surface area contributed by atoms with Crippen molar-refractivity contribution in [1.82, 2.24) is 9.80 Å². The van der Waals surface area contributed by atoms with Crippen LogP contribution in [0.4, 0.5) is 11.4 Å². The average molecular weight is 517 g/mol. The zero-order valence-corrected chi connectivity index (χ0v) is 22.3. The van der Waals surface area contributed by atoms with Crippen molar-refractivity contribution in [1.29, 1.82) is 0 Å². The Bertz CT molecular complexity index is 1210. The maximum absolute atomic E-state index is 13.9. The highest BCUT2D eigenvalue weighted by Crippen LogP contribution is 2.45. The molecule has 3 aliphatic rings. The number of nitrogens with zero attached hydrogens (tertiary/aromatic N) is 2. The number of thiophene rings is 1. The lowest BCUT2D eigenvalue weighted by molar-refractivity contribution is 0.0980. The number of fused-ring (bicyclic) bond motifs is 3. The Morgan fingerprint density at radius 3 is 1.76 bits per heavy atom. The van der Waals surface area contributed by atoms with E-state index in [2.05, 4.69) is 31.9 Å². The summed E-state index contributed by atoms with van der Waals surface area (Å²) in [5, 5.41) is 10.4. The van der Waals surface area contributed by atoms with Crippen molar-refractivity contribution >= 4 is 44.4 Å². The molecule has 2 saturated heterocycles. The fourth-order valence-corrected chi connectivity index (χ4v) is 7.13. The van der Waals surface area contributed by atoms with Gasteiger partial charge in [0.2, 0.25) is 0 Å². The normalized spacial score (nSPS) is 18.6. The smallest absolute Gasteiger partial charge is 0.196 e. The van der Waals surface area contributed by atoms with Crippen LogP contribution >= 0.6 is 11.3 Å². The van der Waals surface area contributed by atoms with Gasteiger partial charge >= 0.3 is 0 Å². The fourth-order valence-electron chi connectivity index (χ4n) is 6.20. The molecule has 0 amide bonds. The van der Waals surface area contributed by atoms with Gasteiger partial charge in [-0.2, -0.15) is 0 Å². The van der Waals surface area contributed by atoms with E-state index in [-0.39, 0.29) is 11.6 Å². The molecule has 0 radical (unpaired) electrons. The van der Waals surface area contributed by atoms with Gasteiger partial charge in [0.05, 0.1) is 27.2 Å². The number of likely N-dealkylation sites (tertiary alicyclic amines) is 2. The van der Waals surface area contributed by atoms with Crippen molar-refractivity contribution in [2.45, 2.75) is 38.5 Å². The van der Waals surface area contributed by atoms with E-state index in [0.717, 1.165) is 73.8 Å². The van der Waals surface area contributed by atoms with Gasteiger partial charge in [0.1, 0.15) is 0 Å². The number of anilines is 2. The summed E-state index contributed by atoms with van der Waals surface area (Å²) in [7, 11) is 0. The Kier molecular flexibility index (Phi) is 7.27. The van der Waals surface area contributed by atoms with Crippen molar-refractivity contribution in [3.05, 3.63) is 58.0 Å². The summed E-state index contributed by atoms with van der Waals surface area (Å²) in [6, 6.07) is 9.37. The lowest BCUT2D eigenvalue weighted by Crippen LogP contribution is -2.34. The SMILES string of the molecule is O=C1c2ccccc2C(=O)c2c1c(NCCN1CCCCC1)c1ccsc1c2NCCN1CCCCC1. The molecule has 7 heteroatoms. The van der Waals surface area contributed by atoms with E-state index in [0.29, 0.717) is 22.3 Å². The number of piperidine rings is 2. The number of ketones is 2. The summed E-state index contributed by atoms with van der Waals surface area (Å²) in [6.07, 6.45) is 7.65. The van der Waals surface area contributed by atoms with Crippen LogP contribution in [0.25, 0.3) is 10.1 Å². The average Bonchev–Trinajstić information content (AvgIpc) is 3.43. The fraction of sp³-hybridized carbons (Fsp3) is 0.467. The summed E-state index contributed by atoms with van der Waals surface area (Å²) in [6.45, 7) is 7.94. The largest absolute Gasteiger partial charge is 0.383 e. The van der Waals surface area contributed by atoms with Gasteiger partial charge in [0, 0.05) is 42.7 Å². The first-order chi connectivity index (χ1) is 18.2. The first kappa shape index (κ1) is 24.6. The third kappa shape index (κ3) is 4.80. The van der Waals surface area contributed by atoms with E-state index < -0.39 is 0 Å². The van der Waals surface area contributed by atoms with Gasteiger partial charge in [-0.1, -0.05) is 37.1 Å². The van der Waals surface area contributed by atoms with Crippen LogP contribution in [-0.4, -0.2) is 73.7 Å². The van der Waals surface area contributed by atoms with Crippen molar-refractivity contribution in [2.75, 3.05) is 63.0 Å². The molecular weight excluding hydrogens is 480 g/mol. The molecule has 1 aromatic heterocycles. The topological polar surface area (TPSA) is 64.7 Å². The van der Waals surface area contributed by atoms with E-state index in [4.69, 9.17) is 0 Å². The van der Waals surface area contributed by atoms with Crippen LogP contribution in [-0.2, 0) is 0 Å². The third-order valence-corrected chi connectivity index (χ3v) is 9.07. The number of carbonyl (C=O) groups excluding carboxylic acids is 2. The Morgan fingerprint density at radius 2 is 1.19 bits per heavy atom. The Hall–Kier alpha value is -2.74. The first-order valence-electron chi connectivity index (χ1n) is 13.9. The van der Waals surface area contributed by atoms with Gasteiger partial charge in [-0.05, 0) is 63.3 Å². The van der Waals surface area contributed by atoms with Crippen molar-refractivity contribution < 1.29 is 9.59 Å². The Balaban J connectivity index is 1.36. The molecular formula is C30H36N4O2S. The summed E-state index contributed by atoms with van der Waals surface area (Å²) >= 11 is 1.64. The Morgan fingerprint density at radius 1 is 0.676 bits per heavy atom. The van der Waals surface area contributed by atoms with Crippen molar-refractivity contribution in [3.8, 4) is 0 Å². The molecule has 0 saturated carbocycles. The molecule has 0 unspecified atom stereocenters. The predicted octanol–water partition coefficient (Wildman–Crippen LogP) is 5.47. The quantitative estimate of drug-likeness (QED) is 0.303. The van der Waals surface area contributed by atoms with Crippen LogP contribution in [0.1, 0.15) is 70.4 Å². The minimum Gasteiger partial charge on any atom is -0.383 e. The number of rotatable bonds is 8. The maximum atomic E-state index is 13.9. The number of carbonyl (C=O) groups is 2. The van der Waals surface area contributed by atoms with E-state index in [1.54, 1.807) is 23.5 Å². The van der Waals surface area contributed by atoms with E-state index in [1.807, 2.05) is 12.1 Å². The highest BCUT2D eigenvalue weighted by atomic mass is 32.1. The first-order valence-corrected chi connectivity index (χ1v) is 14.8. The van der Waals surface area contributed by atoms with Crippen molar-refractivity contribution in [2.24, 2.45) is 0 Å². The summed E-state index contributed by atoms with van der Waals surface area (Å²) < 4.78 is 1.05. The molecule has 0 spiro atoms. The van der Waals surface area contributed by atoms with E-state index in [9.17, 15) is 9.59 Å². The lowest BCUT2D eigenvalue weighted by Gasteiger charge is -2.29. The van der Waals surface area contributed by atoms with E-state index in [1.165, 1.54) is 38.5 Å². The minimum absolute atomic E-state index is 0.0555. The standard InChI is InChI=1S/C30H36N4O2S/c35-28-21-9-3-4-10-22(21)29(36)25-24(28)26(31-12-18-33-14-5-1-6-15-33)23-11-20-37-30(23)27(25)32-13-19-34-16-7-2-8-17-34/h3-4,9-11,20,31-32H,1-2,5-8,12-19H2. The molecule has 37 heavy (non-hydrogen) atoms. The molecule has 0 bridgehead atoms. The second-order valence-electron chi connectivity index (χ2n) is 10.5. The number of hydrogen-bond donors (Lipinski definition) is 2. The minimum atomic E-state index is -0.0575. The highest BCUT2D eigenvalue weighted by molar-refractivity contribution is 7.18. The number of hydrogen-bond acceptors (Lipinski definition) is 7. The molecule has 6 rings (SSSR count). The van der Waals surface area contributed by atoms with E-state index >= 15 is 0 Å². The van der Waals surface area contributed by atoms with Gasteiger partial charge < -0.3 is 20.4 Å². The zero-order chi connectivity index (χ0) is 25.2. The van der Waals surface area contributed by atoms with Gasteiger partial charge in [0.25, 0.3) is 0 Å². The molecule has 1 aliphatic carbocycles. The number of benzene rings is 2. The summed E-state index contributed by atoms with van der Waals surface area (Å²) in [4.78, 5) is 32.9.